The lowest BCUT2D eigenvalue weighted by molar-refractivity contribution is 0.994. The molecule has 118 heavy (non-hydrogen) atoms. The van der Waals surface area contributed by atoms with Gasteiger partial charge in [0.1, 0.15) is 11.6 Å². The maximum atomic E-state index is 6.27. The van der Waals surface area contributed by atoms with Crippen LogP contribution in [0, 0.1) is 0 Å². The summed E-state index contributed by atoms with van der Waals surface area (Å²) in [6.07, 6.45) is 0. The molecule has 6 heteroatoms. The average Bonchev–Trinajstić information content (AvgIpc) is 0.906. The van der Waals surface area contributed by atoms with Gasteiger partial charge in [-0.3, -0.25) is 9.13 Å². The molecule has 0 aliphatic rings. The van der Waals surface area contributed by atoms with Gasteiger partial charge >= 0.3 is 0 Å². The fraction of sp³-hybridized carbons (Fsp3) is 0. The van der Waals surface area contributed by atoms with Crippen LogP contribution in [0.25, 0.3) is 145 Å². The molecule has 0 radical (unpaired) electrons. The summed E-state index contributed by atoms with van der Waals surface area (Å²) in [6, 6.07) is 177. The first-order chi connectivity index (χ1) is 58.5. The molecule has 0 saturated carbocycles. The topological polar surface area (TPSA) is 35.6 Å². The van der Waals surface area contributed by atoms with Crippen molar-refractivity contribution < 1.29 is 0 Å². The Bertz CT molecular complexity index is 6560. The molecule has 0 saturated heterocycles. The molecule has 0 fully saturated rings. The van der Waals surface area contributed by atoms with Crippen LogP contribution in [0.2, 0.25) is 0 Å². The molecule has 21 aromatic rings. The zero-order valence-corrected chi connectivity index (χ0v) is 66.8. The molecule has 3 aromatic heterocycles. The predicted octanol–water partition coefficient (Wildman–Crippen LogP) is 22.8. The van der Waals surface area contributed by atoms with Gasteiger partial charge in [0, 0.05) is 33.2 Å². The number of aromatic nitrogens is 4. The highest BCUT2D eigenvalue weighted by atomic mass is 28.3. The monoisotopic (exact) mass is 1530 g/mol. The van der Waals surface area contributed by atoms with Crippen molar-refractivity contribution in [3.05, 3.63) is 473 Å². The summed E-state index contributed by atoms with van der Waals surface area (Å²) >= 11 is 0. The molecule has 0 N–H and O–H groups in total. The number of nitrogens with zero attached hydrogens (tertiary/aromatic N) is 4. The molecule has 0 spiro atoms. The van der Waals surface area contributed by atoms with Crippen molar-refractivity contribution in [2.45, 2.75) is 0 Å². The van der Waals surface area contributed by atoms with Gasteiger partial charge in [0.25, 0.3) is 0 Å². The van der Waals surface area contributed by atoms with E-state index in [0.717, 1.165) is 139 Å². The van der Waals surface area contributed by atoms with Gasteiger partial charge in [-0.1, -0.05) is 437 Å². The molecule has 0 atom stereocenters. The summed E-state index contributed by atoms with van der Waals surface area (Å²) in [7, 11) is -7.83. The van der Waals surface area contributed by atoms with E-state index in [1.165, 1.54) is 41.5 Å². The van der Waals surface area contributed by atoms with Crippen LogP contribution < -0.4 is 41.5 Å². The highest BCUT2D eigenvalue weighted by Gasteiger charge is 2.47. The average molecular weight is 1540 g/mol. The fourth-order valence-electron chi connectivity index (χ4n) is 18.5. The number of para-hydroxylation sites is 3. The van der Waals surface area contributed by atoms with Crippen LogP contribution in [0.3, 0.4) is 0 Å². The summed E-state index contributed by atoms with van der Waals surface area (Å²) in [5.74, 6) is 2.06. The van der Waals surface area contributed by atoms with Crippen LogP contribution in [0.5, 0.6) is 0 Å². The molecule has 3 heterocycles. The summed E-state index contributed by atoms with van der Waals surface area (Å²) in [6.45, 7) is 0. The third-order valence-electron chi connectivity index (χ3n) is 24.0. The SMILES string of the molecule is c1ccc(-c2cccc([Si](c3cccc(-c4ccccc4)c3)(c3cccc(-c4ccccc4)c3)c3cc(-c4nc(-n5c6ccccc6c6ccccc65)cc(-n5c6ccccc6c6cc(-c7ccccc7)ccc65)n4)cc([Si](c4cccc(-c5ccccc5)c4)(c4cccc(-c5ccccc5)c4)c4cccc(-c5ccccc5)c4)c3)c2)cc1. The first kappa shape index (κ1) is 70.9. The molecular formula is C112H78N4Si2. The second-order valence-electron chi connectivity index (χ2n) is 30.7. The Hall–Kier alpha value is -14.9. The van der Waals surface area contributed by atoms with Crippen molar-refractivity contribution >= 4 is 101 Å². The second kappa shape index (κ2) is 30.4. The smallest absolute Gasteiger partial charge is 0.179 e. The molecule has 0 amide bonds. The molecular weight excluding hydrogens is 1460 g/mol. The van der Waals surface area contributed by atoms with Crippen LogP contribution in [0.1, 0.15) is 0 Å². The molecule has 4 nitrogen and oxygen atoms in total. The van der Waals surface area contributed by atoms with E-state index < -0.39 is 16.1 Å². The Labute approximate surface area is 689 Å². The van der Waals surface area contributed by atoms with Gasteiger partial charge < -0.3 is 0 Å². The normalized spacial score (nSPS) is 11.7. The van der Waals surface area contributed by atoms with Gasteiger partial charge in [-0.05, 0) is 150 Å². The Kier molecular flexibility index (Phi) is 18.3. The van der Waals surface area contributed by atoms with Crippen molar-refractivity contribution in [1.29, 1.82) is 0 Å². The zero-order valence-electron chi connectivity index (χ0n) is 64.8. The third kappa shape index (κ3) is 12.6. The van der Waals surface area contributed by atoms with Crippen molar-refractivity contribution in [2.75, 3.05) is 0 Å². The lowest BCUT2D eigenvalue weighted by Crippen LogP contribution is -2.78. The minimum absolute atomic E-state index is 0.582. The second-order valence-corrected chi connectivity index (χ2v) is 38.3. The first-order valence-corrected chi connectivity index (χ1v) is 44.6. The largest absolute Gasteiger partial charge is 0.294 e. The van der Waals surface area contributed by atoms with Crippen LogP contribution in [-0.2, 0) is 0 Å². The Morgan fingerprint density at radius 2 is 0.364 bits per heavy atom. The summed E-state index contributed by atoms with van der Waals surface area (Å²) in [5, 5.41) is 14.2. The summed E-state index contributed by atoms with van der Waals surface area (Å²) in [4.78, 5) is 12.5. The predicted molar refractivity (Wildman–Crippen MR) is 501 cm³/mol. The van der Waals surface area contributed by atoms with E-state index in [-0.39, 0.29) is 0 Å². The molecule has 0 aliphatic carbocycles. The quantitative estimate of drug-likeness (QED) is 0.0634. The Morgan fingerprint density at radius 1 is 0.144 bits per heavy atom. The standard InChI is InChI=1S/C112H78N4Si2/c1-8-34-79(35-9-1)86-48-28-54-94(68-86)117(95-55-29-49-87(69-95)80-36-10-2-11-37-80,96-56-30-50-88(70-96)81-38-12-3-13-39-81)100-74-93(112-113-110(115-106-63-25-22-60-102(106)103-61-23-26-64-107(103)115)78-111(114-112)116-108-65-27-24-62-104(108)105-76-92(66-67-109(105)116)85-46-20-7-21-47-85)75-101(77-100)118(97-57-31-51-89(71-97)82-40-14-4-15-41-82,98-58-32-52-90(72-98)83-42-16-5-17-43-83)99-59-33-53-91(73-99)84-44-18-6-19-45-84/h1-78H. The number of benzene rings is 18. The molecule has 0 bridgehead atoms. The van der Waals surface area contributed by atoms with E-state index in [2.05, 4.69) is 482 Å². The third-order valence-corrected chi connectivity index (χ3v) is 33.4. The first-order valence-electron chi connectivity index (χ1n) is 40.6. The van der Waals surface area contributed by atoms with Gasteiger partial charge in [0.05, 0.1) is 22.1 Å². The highest BCUT2D eigenvalue weighted by Crippen LogP contribution is 2.39. The number of rotatable bonds is 18. The number of hydrogen-bond acceptors (Lipinski definition) is 2. The maximum Gasteiger partial charge on any atom is 0.179 e. The van der Waals surface area contributed by atoms with E-state index in [4.69, 9.17) is 9.97 Å². The minimum Gasteiger partial charge on any atom is -0.294 e. The molecule has 554 valence electrons. The van der Waals surface area contributed by atoms with Crippen LogP contribution in [0.15, 0.2) is 473 Å². The Morgan fingerprint density at radius 3 is 0.644 bits per heavy atom. The Balaban J connectivity index is 0.973. The number of hydrogen-bond donors (Lipinski definition) is 0. The van der Waals surface area contributed by atoms with Gasteiger partial charge in [0.2, 0.25) is 0 Å². The molecule has 0 aliphatic heterocycles. The van der Waals surface area contributed by atoms with Gasteiger partial charge in [-0.15, -0.1) is 0 Å². The fourth-order valence-corrected chi connectivity index (χ4v) is 28.5. The zero-order chi connectivity index (χ0) is 78.4. The van der Waals surface area contributed by atoms with E-state index >= 15 is 0 Å². The molecule has 18 aromatic carbocycles. The molecule has 21 rings (SSSR count). The summed E-state index contributed by atoms with van der Waals surface area (Å²) in [5.41, 5.74) is 21.0. The van der Waals surface area contributed by atoms with Gasteiger partial charge in [-0.2, -0.15) is 0 Å². The van der Waals surface area contributed by atoms with Gasteiger partial charge in [-0.25, -0.2) is 9.97 Å². The minimum atomic E-state index is -3.92. The van der Waals surface area contributed by atoms with Crippen molar-refractivity contribution in [3.63, 3.8) is 0 Å². The van der Waals surface area contributed by atoms with E-state index in [1.54, 1.807) is 0 Å². The lowest BCUT2D eigenvalue weighted by Gasteiger charge is -2.39. The number of fused-ring (bicyclic) bond motifs is 6. The van der Waals surface area contributed by atoms with Crippen LogP contribution in [0.4, 0.5) is 0 Å². The van der Waals surface area contributed by atoms with Gasteiger partial charge in [0.15, 0.2) is 22.0 Å². The lowest BCUT2D eigenvalue weighted by atomic mass is 10.0. The highest BCUT2D eigenvalue weighted by molar-refractivity contribution is 7.22. The van der Waals surface area contributed by atoms with Crippen molar-refractivity contribution in [1.82, 2.24) is 19.1 Å². The van der Waals surface area contributed by atoms with Crippen LogP contribution in [-0.4, -0.2) is 35.2 Å². The van der Waals surface area contributed by atoms with E-state index in [0.29, 0.717) is 5.82 Å². The van der Waals surface area contributed by atoms with Crippen LogP contribution >= 0.6 is 0 Å². The van der Waals surface area contributed by atoms with Crippen molar-refractivity contribution in [3.8, 4) is 101 Å². The van der Waals surface area contributed by atoms with Crippen molar-refractivity contribution in [2.24, 2.45) is 0 Å². The molecule has 0 unspecified atom stereocenters. The maximum absolute atomic E-state index is 6.27. The van der Waals surface area contributed by atoms with E-state index in [1.807, 2.05) is 0 Å². The van der Waals surface area contributed by atoms with E-state index in [9.17, 15) is 0 Å². The summed E-state index contributed by atoms with van der Waals surface area (Å²) < 4.78 is 4.77.